The molecule has 1 atom stereocenters. The zero-order valence-electron chi connectivity index (χ0n) is 16.0. The van der Waals surface area contributed by atoms with Gasteiger partial charge in [0, 0.05) is 24.7 Å². The first-order valence-electron chi connectivity index (χ1n) is 9.42. The number of hydrogen-bond acceptors (Lipinski definition) is 4. The molecule has 2 aromatic carbocycles. The Morgan fingerprint density at radius 1 is 1.20 bits per heavy atom. The first kappa shape index (κ1) is 22.8. The summed E-state index contributed by atoms with van der Waals surface area (Å²) in [5.74, 6) is -1.76. The van der Waals surface area contributed by atoms with Crippen LogP contribution in [0.5, 0.6) is 0 Å². The number of benzene rings is 2. The highest BCUT2D eigenvalue weighted by Crippen LogP contribution is 2.35. The highest BCUT2D eigenvalue weighted by molar-refractivity contribution is 6.40. The second-order valence-corrected chi connectivity index (χ2v) is 8.37. The predicted molar refractivity (Wildman–Crippen MR) is 116 cm³/mol. The molecule has 1 aliphatic heterocycles. The van der Waals surface area contributed by atoms with E-state index in [-0.39, 0.29) is 15.6 Å². The van der Waals surface area contributed by atoms with Crippen LogP contribution in [0, 0.1) is 0 Å². The van der Waals surface area contributed by atoms with E-state index in [4.69, 9.17) is 39.9 Å². The van der Waals surface area contributed by atoms with Gasteiger partial charge in [-0.15, -0.1) is 0 Å². The van der Waals surface area contributed by atoms with Crippen LogP contribution < -0.4 is 5.32 Å². The normalized spacial score (nSPS) is 14.8. The zero-order valence-corrected chi connectivity index (χ0v) is 18.3. The summed E-state index contributed by atoms with van der Waals surface area (Å²) in [4.78, 5) is 25.2. The third kappa shape index (κ3) is 5.45. The SMILES string of the molecule is O=C(O)CNC(=O)c1c(Cl)cc2c(c1Cl)CCN(CCC(O)c1cccc(Cl)c1)C2. The third-order valence-electron chi connectivity index (χ3n) is 5.06. The molecule has 9 heteroatoms. The fourth-order valence-electron chi connectivity index (χ4n) is 3.54. The molecular weight excluding hydrogens is 451 g/mol. The number of carboxylic acid groups (broad SMARTS) is 1. The Hall–Kier alpha value is -1.83. The number of carbonyl (C=O) groups excluding carboxylic acids is 1. The van der Waals surface area contributed by atoms with Crippen LogP contribution in [0.3, 0.4) is 0 Å². The van der Waals surface area contributed by atoms with Gasteiger partial charge in [-0.25, -0.2) is 0 Å². The van der Waals surface area contributed by atoms with Gasteiger partial charge in [0.05, 0.1) is 21.7 Å². The molecule has 0 aromatic heterocycles. The van der Waals surface area contributed by atoms with E-state index in [0.717, 1.165) is 16.7 Å². The molecule has 3 N–H and O–H groups in total. The van der Waals surface area contributed by atoms with Crippen molar-refractivity contribution in [2.75, 3.05) is 19.6 Å². The lowest BCUT2D eigenvalue weighted by atomic mass is 9.96. The van der Waals surface area contributed by atoms with Gasteiger partial charge in [-0.2, -0.15) is 0 Å². The summed E-state index contributed by atoms with van der Waals surface area (Å²) in [6.45, 7) is 1.47. The van der Waals surface area contributed by atoms with E-state index in [9.17, 15) is 14.7 Å². The second-order valence-electron chi connectivity index (χ2n) is 7.15. The monoisotopic (exact) mass is 470 g/mol. The molecule has 0 saturated carbocycles. The number of rotatable bonds is 7. The zero-order chi connectivity index (χ0) is 21.8. The van der Waals surface area contributed by atoms with Gasteiger partial charge < -0.3 is 15.5 Å². The van der Waals surface area contributed by atoms with E-state index >= 15 is 0 Å². The molecule has 0 fully saturated rings. The van der Waals surface area contributed by atoms with E-state index in [1.165, 1.54) is 0 Å². The quantitative estimate of drug-likeness (QED) is 0.569. The molecule has 160 valence electrons. The molecule has 2 aromatic rings. The number of aliphatic carboxylic acids is 1. The van der Waals surface area contributed by atoms with Crippen molar-refractivity contribution in [3.8, 4) is 0 Å². The molecule has 6 nitrogen and oxygen atoms in total. The van der Waals surface area contributed by atoms with E-state index in [0.29, 0.717) is 37.5 Å². The summed E-state index contributed by atoms with van der Waals surface area (Å²) in [5.41, 5.74) is 2.64. The highest BCUT2D eigenvalue weighted by atomic mass is 35.5. The number of carbonyl (C=O) groups is 2. The maximum Gasteiger partial charge on any atom is 0.322 e. The van der Waals surface area contributed by atoms with Crippen LogP contribution in [0.1, 0.15) is 39.6 Å². The Morgan fingerprint density at radius 2 is 1.97 bits per heavy atom. The van der Waals surface area contributed by atoms with Crippen LogP contribution in [0.2, 0.25) is 15.1 Å². The topological polar surface area (TPSA) is 89.9 Å². The lowest BCUT2D eigenvalue weighted by Gasteiger charge is -2.30. The molecule has 1 aliphatic rings. The number of halogens is 3. The van der Waals surface area contributed by atoms with Crippen molar-refractivity contribution >= 4 is 46.7 Å². The molecule has 0 bridgehead atoms. The molecule has 1 heterocycles. The Labute approximate surface area is 189 Å². The summed E-state index contributed by atoms with van der Waals surface area (Å²) in [6.07, 6.45) is 0.558. The molecule has 1 unspecified atom stereocenters. The van der Waals surface area contributed by atoms with Crippen molar-refractivity contribution in [1.29, 1.82) is 0 Å². The van der Waals surface area contributed by atoms with Crippen LogP contribution in [0.4, 0.5) is 0 Å². The van der Waals surface area contributed by atoms with Crippen LogP contribution >= 0.6 is 34.8 Å². The summed E-state index contributed by atoms with van der Waals surface area (Å²) >= 11 is 18.7. The van der Waals surface area contributed by atoms with Gasteiger partial charge in [0.15, 0.2) is 0 Å². The molecule has 3 rings (SSSR count). The Bertz CT molecular complexity index is 968. The van der Waals surface area contributed by atoms with Crippen molar-refractivity contribution in [1.82, 2.24) is 10.2 Å². The summed E-state index contributed by atoms with van der Waals surface area (Å²) in [6, 6.07) is 8.89. The van der Waals surface area contributed by atoms with Crippen molar-refractivity contribution in [3.63, 3.8) is 0 Å². The number of hydrogen-bond donors (Lipinski definition) is 3. The maximum absolute atomic E-state index is 12.3. The summed E-state index contributed by atoms with van der Waals surface area (Å²) in [7, 11) is 0. The highest BCUT2D eigenvalue weighted by Gasteiger charge is 2.25. The average molecular weight is 472 g/mol. The van der Waals surface area contributed by atoms with Gasteiger partial charge in [-0.3, -0.25) is 14.5 Å². The molecule has 0 saturated heterocycles. The Balaban J connectivity index is 1.67. The van der Waals surface area contributed by atoms with E-state index in [1.54, 1.807) is 18.2 Å². The molecular formula is C21H21Cl3N2O4. The van der Waals surface area contributed by atoms with Crippen molar-refractivity contribution in [3.05, 3.63) is 67.7 Å². The number of nitrogens with one attached hydrogen (secondary N) is 1. The van der Waals surface area contributed by atoms with Crippen molar-refractivity contribution in [2.45, 2.75) is 25.5 Å². The van der Waals surface area contributed by atoms with Crippen molar-refractivity contribution in [2.24, 2.45) is 0 Å². The molecule has 0 radical (unpaired) electrons. The smallest absolute Gasteiger partial charge is 0.322 e. The summed E-state index contributed by atoms with van der Waals surface area (Å²) in [5, 5.41) is 22.5. The lowest BCUT2D eigenvalue weighted by molar-refractivity contribution is -0.135. The minimum Gasteiger partial charge on any atom is -0.480 e. The van der Waals surface area contributed by atoms with Gasteiger partial charge in [-0.05, 0) is 47.7 Å². The van der Waals surface area contributed by atoms with Crippen LogP contribution in [0.25, 0.3) is 0 Å². The number of carboxylic acids is 1. The minimum absolute atomic E-state index is 0.100. The van der Waals surface area contributed by atoms with Crippen LogP contribution in [0.15, 0.2) is 30.3 Å². The third-order valence-corrected chi connectivity index (χ3v) is 6.01. The molecule has 1 amide bonds. The number of aliphatic hydroxyl groups excluding tert-OH is 1. The van der Waals surface area contributed by atoms with Gasteiger partial charge in [-0.1, -0.05) is 46.9 Å². The number of amides is 1. The molecule has 0 aliphatic carbocycles. The maximum atomic E-state index is 12.3. The Morgan fingerprint density at radius 3 is 2.67 bits per heavy atom. The van der Waals surface area contributed by atoms with Gasteiger partial charge >= 0.3 is 5.97 Å². The van der Waals surface area contributed by atoms with Gasteiger partial charge in [0.1, 0.15) is 6.54 Å². The standard InChI is InChI=1S/C21H21Cl3N2O4/c22-14-3-1-2-12(8-14)17(27)5-7-26-6-4-15-13(11-26)9-16(23)19(20(15)24)21(30)25-10-18(28)29/h1-3,8-9,17,27H,4-7,10-11H2,(H,25,30)(H,28,29). The van der Waals surface area contributed by atoms with Gasteiger partial charge in [0.2, 0.25) is 0 Å². The number of aliphatic hydroxyl groups is 1. The van der Waals surface area contributed by atoms with E-state index < -0.39 is 24.5 Å². The fraction of sp³-hybridized carbons (Fsp3) is 0.333. The predicted octanol–water partition coefficient (Wildman–Crippen LogP) is 3.94. The number of fused-ring (bicyclic) bond motifs is 1. The first-order chi connectivity index (χ1) is 14.3. The summed E-state index contributed by atoms with van der Waals surface area (Å²) < 4.78 is 0. The lowest BCUT2D eigenvalue weighted by Crippen LogP contribution is -2.33. The van der Waals surface area contributed by atoms with E-state index in [1.807, 2.05) is 12.1 Å². The van der Waals surface area contributed by atoms with E-state index in [2.05, 4.69) is 10.2 Å². The average Bonchev–Trinajstić information content (AvgIpc) is 2.70. The molecule has 30 heavy (non-hydrogen) atoms. The van der Waals surface area contributed by atoms with Crippen LogP contribution in [-0.4, -0.2) is 46.6 Å². The first-order valence-corrected chi connectivity index (χ1v) is 10.5. The van der Waals surface area contributed by atoms with Crippen LogP contribution in [-0.2, 0) is 17.8 Å². The largest absolute Gasteiger partial charge is 0.480 e. The minimum atomic E-state index is -1.15. The molecule has 0 spiro atoms. The second kappa shape index (κ2) is 9.98. The Kier molecular flexibility index (Phi) is 7.60. The van der Waals surface area contributed by atoms with Crippen molar-refractivity contribution < 1.29 is 19.8 Å². The van der Waals surface area contributed by atoms with Gasteiger partial charge in [0.25, 0.3) is 5.91 Å². The number of nitrogens with zero attached hydrogens (tertiary/aromatic N) is 1. The fourth-order valence-corrected chi connectivity index (χ4v) is 4.50.